The first kappa shape index (κ1) is 24.1. The Bertz CT molecular complexity index is 1260. The quantitative estimate of drug-likeness (QED) is 0.299. The first-order valence-electron chi connectivity index (χ1n) is 11.1. The number of Topliss-reactive ketones (excluding diaryl/α,β-unsaturated/α-hetero) is 1. The van der Waals surface area contributed by atoms with Gasteiger partial charge in [0.15, 0.2) is 5.78 Å². The van der Waals surface area contributed by atoms with Crippen LogP contribution >= 0.6 is 0 Å². The molecule has 3 aromatic carbocycles. The van der Waals surface area contributed by atoms with E-state index in [4.69, 9.17) is 9.26 Å². The molecule has 0 aliphatic carbocycles. The zero-order valence-electron chi connectivity index (χ0n) is 20.1. The van der Waals surface area contributed by atoms with E-state index in [0.29, 0.717) is 23.9 Å². The van der Waals surface area contributed by atoms with Crippen LogP contribution in [-0.2, 0) is 11.3 Å². The highest BCUT2D eigenvalue weighted by Gasteiger charge is 2.16. The highest BCUT2D eigenvalue weighted by Crippen LogP contribution is 2.32. The minimum absolute atomic E-state index is 0.000898. The van der Waals surface area contributed by atoms with Gasteiger partial charge < -0.3 is 9.26 Å². The summed E-state index contributed by atoms with van der Waals surface area (Å²) in [6.45, 7) is 10.1. The number of rotatable bonds is 6. The Morgan fingerprint density at radius 2 is 1.64 bits per heavy atom. The molecule has 4 rings (SSSR count). The molecule has 5 nitrogen and oxygen atoms in total. The van der Waals surface area contributed by atoms with Crippen molar-refractivity contribution in [2.24, 2.45) is 0 Å². The molecule has 0 N–H and O–H groups in total. The van der Waals surface area contributed by atoms with E-state index < -0.39 is 0 Å². The topological polar surface area (TPSA) is 65.2 Å². The van der Waals surface area contributed by atoms with E-state index in [2.05, 4.69) is 35.3 Å². The van der Waals surface area contributed by atoms with Crippen molar-refractivity contribution >= 4 is 5.78 Å². The Balaban J connectivity index is 0.00000149. The number of nitrogens with zero attached hydrogens (tertiary/aromatic N) is 2. The normalized spacial score (nSPS) is 10.5. The molecule has 0 atom stereocenters. The molecule has 0 amide bonds. The smallest absolute Gasteiger partial charge is 0.258 e. The first-order chi connectivity index (χ1) is 16.0. The molecule has 0 spiro atoms. The van der Waals surface area contributed by atoms with Crippen LogP contribution < -0.4 is 0 Å². The molecule has 0 bridgehead atoms. The van der Waals surface area contributed by atoms with Crippen molar-refractivity contribution in [3.05, 3.63) is 82.9 Å². The molecule has 33 heavy (non-hydrogen) atoms. The van der Waals surface area contributed by atoms with Crippen molar-refractivity contribution in [1.29, 1.82) is 0 Å². The summed E-state index contributed by atoms with van der Waals surface area (Å²) in [5.41, 5.74) is 7.75. The van der Waals surface area contributed by atoms with Gasteiger partial charge in [0.2, 0.25) is 5.82 Å². The predicted octanol–water partition coefficient (Wildman–Crippen LogP) is 7.06. The first-order valence-corrected chi connectivity index (χ1v) is 11.1. The summed E-state index contributed by atoms with van der Waals surface area (Å²) in [5.74, 6) is 0.893. The van der Waals surface area contributed by atoms with E-state index in [9.17, 15) is 4.79 Å². The molecule has 1 heterocycles. The molecule has 0 radical (unpaired) electrons. The second-order valence-electron chi connectivity index (χ2n) is 7.63. The van der Waals surface area contributed by atoms with E-state index in [1.807, 2.05) is 63.2 Å². The maximum atomic E-state index is 11.8. The SMILES string of the molecule is CC.COCc1cc(-c2nc(-c3cc(C(C)=O)ccc3C)no2)ccc1-c1ccccc1C. The molecule has 0 unspecified atom stereocenters. The largest absolute Gasteiger partial charge is 0.380 e. The highest BCUT2D eigenvalue weighted by atomic mass is 16.5. The standard InChI is InChI=1S/C26H24N2O3.C2H6/c1-16-7-5-6-8-22(16)23-12-11-20(13-21(23)15-30-4)26-27-25(28-31-26)24-14-19(18(3)29)10-9-17(24)2;1-2/h5-14H,15H2,1-4H3;1-2H3. The fraction of sp³-hybridized carbons (Fsp3) is 0.250. The lowest BCUT2D eigenvalue weighted by Crippen LogP contribution is -1.95. The maximum absolute atomic E-state index is 11.8. The number of carbonyl (C=O) groups excluding carboxylic acids is 1. The van der Waals surface area contributed by atoms with Gasteiger partial charge in [-0.1, -0.05) is 61.5 Å². The van der Waals surface area contributed by atoms with Crippen LogP contribution in [0.3, 0.4) is 0 Å². The number of methoxy groups -OCH3 is 1. The Hall–Kier alpha value is -3.57. The highest BCUT2D eigenvalue weighted by molar-refractivity contribution is 5.95. The van der Waals surface area contributed by atoms with Gasteiger partial charge >= 0.3 is 0 Å². The summed E-state index contributed by atoms with van der Waals surface area (Å²) in [6, 6.07) is 19.9. The molecular formula is C28H30N2O3. The number of ketones is 1. The van der Waals surface area contributed by atoms with E-state index in [1.54, 1.807) is 14.0 Å². The van der Waals surface area contributed by atoms with Crippen LogP contribution in [-0.4, -0.2) is 23.0 Å². The predicted molar refractivity (Wildman–Crippen MR) is 132 cm³/mol. The molecular weight excluding hydrogens is 412 g/mol. The number of carbonyl (C=O) groups is 1. The van der Waals surface area contributed by atoms with Crippen LogP contribution in [0.4, 0.5) is 0 Å². The zero-order chi connectivity index (χ0) is 24.0. The molecule has 1 aromatic heterocycles. The Morgan fingerprint density at radius 1 is 0.909 bits per heavy atom. The van der Waals surface area contributed by atoms with Crippen molar-refractivity contribution in [3.8, 4) is 34.0 Å². The maximum Gasteiger partial charge on any atom is 0.258 e. The molecule has 0 saturated heterocycles. The van der Waals surface area contributed by atoms with Crippen molar-refractivity contribution in [2.75, 3.05) is 7.11 Å². The Kier molecular flexibility index (Phi) is 7.91. The van der Waals surface area contributed by atoms with Gasteiger partial charge in [-0.15, -0.1) is 0 Å². The number of aromatic nitrogens is 2. The number of hydrogen-bond donors (Lipinski definition) is 0. The minimum Gasteiger partial charge on any atom is -0.380 e. The molecule has 5 heteroatoms. The lowest BCUT2D eigenvalue weighted by atomic mass is 9.94. The molecule has 0 aliphatic heterocycles. The van der Waals surface area contributed by atoms with Crippen molar-refractivity contribution in [2.45, 2.75) is 41.2 Å². The van der Waals surface area contributed by atoms with Crippen LogP contribution in [0, 0.1) is 13.8 Å². The van der Waals surface area contributed by atoms with Gasteiger partial charge in [-0.3, -0.25) is 4.79 Å². The number of ether oxygens (including phenoxy) is 1. The number of benzene rings is 3. The Morgan fingerprint density at radius 3 is 2.33 bits per heavy atom. The third-order valence-corrected chi connectivity index (χ3v) is 5.40. The molecule has 170 valence electrons. The summed E-state index contributed by atoms with van der Waals surface area (Å²) >= 11 is 0. The van der Waals surface area contributed by atoms with Gasteiger partial charge in [0.05, 0.1) is 6.61 Å². The lowest BCUT2D eigenvalue weighted by Gasteiger charge is -2.12. The van der Waals surface area contributed by atoms with Crippen LogP contribution in [0.15, 0.2) is 65.2 Å². The summed E-state index contributed by atoms with van der Waals surface area (Å²) in [5, 5.41) is 4.17. The van der Waals surface area contributed by atoms with Gasteiger partial charge in [-0.05, 0) is 66.8 Å². The van der Waals surface area contributed by atoms with Gasteiger partial charge in [0, 0.05) is 23.8 Å². The van der Waals surface area contributed by atoms with E-state index in [0.717, 1.165) is 27.8 Å². The molecule has 0 aliphatic rings. The van der Waals surface area contributed by atoms with Gasteiger partial charge in [-0.25, -0.2) is 0 Å². The average Bonchev–Trinajstić information content (AvgIpc) is 3.31. The van der Waals surface area contributed by atoms with Crippen LogP contribution in [0.2, 0.25) is 0 Å². The summed E-state index contributed by atoms with van der Waals surface area (Å²) in [4.78, 5) is 16.4. The van der Waals surface area contributed by atoms with Crippen LogP contribution in [0.5, 0.6) is 0 Å². The number of hydrogen-bond acceptors (Lipinski definition) is 5. The lowest BCUT2D eigenvalue weighted by molar-refractivity contribution is 0.101. The summed E-state index contributed by atoms with van der Waals surface area (Å²) < 4.78 is 11.0. The van der Waals surface area contributed by atoms with Crippen molar-refractivity contribution in [3.63, 3.8) is 0 Å². The molecule has 0 fully saturated rings. The summed E-state index contributed by atoms with van der Waals surface area (Å²) in [7, 11) is 1.68. The third-order valence-electron chi connectivity index (χ3n) is 5.40. The van der Waals surface area contributed by atoms with E-state index >= 15 is 0 Å². The minimum atomic E-state index is 0.000898. The number of aryl methyl sites for hydroxylation is 2. The van der Waals surface area contributed by atoms with Crippen LogP contribution in [0.25, 0.3) is 34.0 Å². The summed E-state index contributed by atoms with van der Waals surface area (Å²) in [6.07, 6.45) is 0. The van der Waals surface area contributed by atoms with E-state index in [1.165, 1.54) is 11.1 Å². The van der Waals surface area contributed by atoms with Crippen molar-refractivity contribution < 1.29 is 14.1 Å². The van der Waals surface area contributed by atoms with E-state index in [-0.39, 0.29) is 5.78 Å². The van der Waals surface area contributed by atoms with Gasteiger partial charge in [0.25, 0.3) is 5.89 Å². The second-order valence-corrected chi connectivity index (χ2v) is 7.63. The molecule has 4 aromatic rings. The van der Waals surface area contributed by atoms with Crippen LogP contribution in [0.1, 0.15) is 47.8 Å². The third kappa shape index (κ3) is 5.26. The van der Waals surface area contributed by atoms with Gasteiger partial charge in [0.1, 0.15) is 0 Å². The Labute approximate surface area is 195 Å². The zero-order valence-corrected chi connectivity index (χ0v) is 20.1. The molecule has 0 saturated carbocycles. The van der Waals surface area contributed by atoms with Gasteiger partial charge in [-0.2, -0.15) is 4.98 Å². The monoisotopic (exact) mass is 442 g/mol. The fourth-order valence-corrected chi connectivity index (χ4v) is 3.67. The average molecular weight is 443 g/mol. The fourth-order valence-electron chi connectivity index (χ4n) is 3.67. The van der Waals surface area contributed by atoms with Crippen molar-refractivity contribution in [1.82, 2.24) is 10.1 Å². The second kappa shape index (κ2) is 10.8.